The Kier molecular flexibility index (Phi) is 11.2. The highest BCUT2D eigenvalue weighted by atomic mass is 35.5. The number of anilines is 1. The van der Waals surface area contributed by atoms with Gasteiger partial charge in [-0.25, -0.2) is 0 Å². The molecule has 1 amide bonds. The lowest BCUT2D eigenvalue weighted by Crippen LogP contribution is -2.30. The van der Waals surface area contributed by atoms with E-state index in [4.69, 9.17) is 21.1 Å². The van der Waals surface area contributed by atoms with Gasteiger partial charge in [0.05, 0.1) is 16.7 Å². The third-order valence-electron chi connectivity index (χ3n) is 8.29. The quantitative estimate of drug-likeness (QED) is 0.141. The zero-order valence-corrected chi connectivity index (χ0v) is 27.5. The molecule has 0 aromatic heterocycles. The fourth-order valence-electron chi connectivity index (χ4n) is 5.94. The van der Waals surface area contributed by atoms with Gasteiger partial charge in [0.25, 0.3) is 0 Å². The Morgan fingerprint density at radius 1 is 0.957 bits per heavy atom. The fourth-order valence-corrected chi connectivity index (χ4v) is 6.18. The van der Waals surface area contributed by atoms with Crippen molar-refractivity contribution in [3.63, 3.8) is 0 Å². The minimum absolute atomic E-state index is 0.0676. The molecule has 0 fully saturated rings. The van der Waals surface area contributed by atoms with Crippen molar-refractivity contribution in [3.05, 3.63) is 111 Å². The van der Waals surface area contributed by atoms with Gasteiger partial charge >= 0.3 is 0 Å². The summed E-state index contributed by atoms with van der Waals surface area (Å²) in [5.41, 5.74) is 9.91. The molecule has 1 heterocycles. The maximum Gasteiger partial charge on any atom is 0.216 e. The summed E-state index contributed by atoms with van der Waals surface area (Å²) in [5.74, 6) is 1.10. The van der Waals surface area contributed by atoms with E-state index >= 15 is 0 Å². The molecule has 0 aliphatic carbocycles. The lowest BCUT2D eigenvalue weighted by Gasteiger charge is -2.20. The summed E-state index contributed by atoms with van der Waals surface area (Å²) < 4.78 is 12.6. The van der Waals surface area contributed by atoms with Gasteiger partial charge in [-0.05, 0) is 77.4 Å². The Morgan fingerprint density at radius 2 is 1.74 bits per heavy atom. The van der Waals surface area contributed by atoms with Crippen molar-refractivity contribution >= 4 is 23.2 Å². The summed E-state index contributed by atoms with van der Waals surface area (Å²) in [4.78, 5) is 13.7. The Hall–Kier alpha value is -4.51. The van der Waals surface area contributed by atoms with Crippen LogP contribution in [0.25, 0.3) is 11.1 Å². The van der Waals surface area contributed by atoms with E-state index < -0.39 is 0 Å². The van der Waals surface area contributed by atoms with E-state index in [-0.39, 0.29) is 12.5 Å². The standard InChI is InChI=1S/C38H41ClN4O3/c1-4-17-43-18-14-34-33(12-7-13-36(34)43)32-11-6-10-30(26(32)2)25-46-38-21-37(45-24-29-9-5-8-28(19-29)22-40)31(20-35(38)39)23-41-15-16-42-27(3)44/h5-13,19-21,41H,4,14-18,23-25H2,1-3H3,(H,42,44). The number of carbonyl (C=O) groups excluding carboxylic acids is 1. The molecule has 0 bridgehead atoms. The zero-order chi connectivity index (χ0) is 32.5. The molecule has 8 heteroatoms. The van der Waals surface area contributed by atoms with Crippen LogP contribution in [0.3, 0.4) is 0 Å². The Balaban J connectivity index is 1.35. The van der Waals surface area contributed by atoms with Crippen LogP contribution in [0.1, 0.15) is 53.6 Å². The van der Waals surface area contributed by atoms with Crippen LogP contribution in [0, 0.1) is 18.3 Å². The smallest absolute Gasteiger partial charge is 0.216 e. The van der Waals surface area contributed by atoms with Crippen molar-refractivity contribution in [1.82, 2.24) is 10.6 Å². The van der Waals surface area contributed by atoms with E-state index in [1.807, 2.05) is 30.3 Å². The maximum absolute atomic E-state index is 11.2. The molecule has 0 saturated carbocycles. The monoisotopic (exact) mass is 636 g/mol. The third-order valence-corrected chi connectivity index (χ3v) is 8.59. The number of rotatable bonds is 14. The van der Waals surface area contributed by atoms with Crippen molar-refractivity contribution < 1.29 is 14.3 Å². The van der Waals surface area contributed by atoms with E-state index in [1.165, 1.54) is 34.9 Å². The Labute approximate surface area is 277 Å². The SMILES string of the molecule is CCCN1CCc2c(-c3cccc(COc4cc(OCc5cccc(C#N)c5)c(CNCCNC(C)=O)cc4Cl)c3C)cccc21. The van der Waals surface area contributed by atoms with Gasteiger partial charge in [0, 0.05) is 57.0 Å². The van der Waals surface area contributed by atoms with Gasteiger partial charge in [0.1, 0.15) is 24.7 Å². The number of nitrogens with one attached hydrogen (secondary N) is 2. The van der Waals surface area contributed by atoms with Gasteiger partial charge in [-0.3, -0.25) is 4.79 Å². The van der Waals surface area contributed by atoms with Gasteiger partial charge in [-0.2, -0.15) is 5.26 Å². The molecule has 0 saturated heterocycles. The van der Waals surface area contributed by atoms with Crippen LogP contribution in [0.4, 0.5) is 5.69 Å². The van der Waals surface area contributed by atoms with Crippen molar-refractivity contribution in [2.24, 2.45) is 0 Å². The molecule has 1 aliphatic heterocycles. The third kappa shape index (κ3) is 8.00. The predicted octanol–water partition coefficient (Wildman–Crippen LogP) is 7.34. The highest BCUT2D eigenvalue weighted by Crippen LogP contribution is 2.39. The number of fused-ring (bicyclic) bond motifs is 1. The minimum atomic E-state index is -0.0676. The lowest BCUT2D eigenvalue weighted by atomic mass is 9.92. The second-order valence-electron chi connectivity index (χ2n) is 11.6. The summed E-state index contributed by atoms with van der Waals surface area (Å²) in [6, 6.07) is 26.3. The number of carbonyl (C=O) groups is 1. The first kappa shape index (κ1) is 32.9. The maximum atomic E-state index is 11.2. The van der Waals surface area contributed by atoms with E-state index in [1.54, 1.807) is 6.07 Å². The molecule has 1 aliphatic rings. The number of hydrogen-bond acceptors (Lipinski definition) is 6. The van der Waals surface area contributed by atoms with E-state index in [9.17, 15) is 10.1 Å². The Morgan fingerprint density at radius 3 is 2.54 bits per heavy atom. The van der Waals surface area contributed by atoms with Crippen molar-refractivity contribution in [2.45, 2.75) is 53.4 Å². The number of benzene rings is 4. The molecular weight excluding hydrogens is 596 g/mol. The molecule has 2 N–H and O–H groups in total. The van der Waals surface area contributed by atoms with Crippen LogP contribution in [-0.2, 0) is 31.0 Å². The summed E-state index contributed by atoms with van der Waals surface area (Å²) in [6.07, 6.45) is 2.19. The molecule has 46 heavy (non-hydrogen) atoms. The number of nitriles is 1. The van der Waals surface area contributed by atoms with Crippen LogP contribution in [-0.4, -0.2) is 32.1 Å². The molecule has 0 spiro atoms. The molecule has 238 valence electrons. The highest BCUT2D eigenvalue weighted by molar-refractivity contribution is 6.32. The number of halogens is 1. The van der Waals surface area contributed by atoms with Gasteiger partial charge in [-0.1, -0.05) is 61.0 Å². The first-order valence-electron chi connectivity index (χ1n) is 15.9. The van der Waals surface area contributed by atoms with Gasteiger partial charge < -0.3 is 25.0 Å². The van der Waals surface area contributed by atoms with Crippen LogP contribution >= 0.6 is 11.6 Å². The van der Waals surface area contributed by atoms with Crippen molar-refractivity contribution in [1.29, 1.82) is 5.26 Å². The zero-order valence-electron chi connectivity index (χ0n) is 26.8. The van der Waals surface area contributed by atoms with Crippen LogP contribution in [0.2, 0.25) is 5.02 Å². The molecule has 7 nitrogen and oxygen atoms in total. The van der Waals surface area contributed by atoms with Crippen molar-refractivity contribution in [2.75, 3.05) is 31.1 Å². The first-order valence-corrected chi connectivity index (χ1v) is 16.2. The van der Waals surface area contributed by atoms with Gasteiger partial charge in [0.2, 0.25) is 5.91 Å². The van der Waals surface area contributed by atoms with E-state index in [2.05, 4.69) is 71.8 Å². The summed E-state index contributed by atoms with van der Waals surface area (Å²) in [7, 11) is 0. The second kappa shape index (κ2) is 15.7. The topological polar surface area (TPSA) is 86.6 Å². The molecule has 5 rings (SSSR count). The fraction of sp³-hybridized carbons (Fsp3) is 0.316. The predicted molar refractivity (Wildman–Crippen MR) is 184 cm³/mol. The molecule has 4 aromatic rings. The summed E-state index contributed by atoms with van der Waals surface area (Å²) in [5, 5.41) is 15.9. The second-order valence-corrected chi connectivity index (χ2v) is 12.0. The Bertz CT molecular complexity index is 1730. The average Bonchev–Trinajstić information content (AvgIpc) is 3.47. The normalized spacial score (nSPS) is 12.0. The first-order chi connectivity index (χ1) is 22.4. The molecule has 0 radical (unpaired) electrons. The van der Waals surface area contributed by atoms with Crippen LogP contribution in [0.5, 0.6) is 11.5 Å². The van der Waals surface area contributed by atoms with Crippen LogP contribution < -0.4 is 25.0 Å². The number of ether oxygens (including phenoxy) is 2. The molecule has 4 aromatic carbocycles. The van der Waals surface area contributed by atoms with Gasteiger partial charge in [-0.15, -0.1) is 0 Å². The molecular formula is C38H41ClN4O3. The number of nitrogens with zero attached hydrogens (tertiary/aromatic N) is 2. The van der Waals surface area contributed by atoms with Crippen LogP contribution in [0.15, 0.2) is 72.8 Å². The van der Waals surface area contributed by atoms with Gasteiger partial charge in [0.15, 0.2) is 0 Å². The molecule has 0 unspecified atom stereocenters. The summed E-state index contributed by atoms with van der Waals surface area (Å²) in [6.45, 7) is 10.3. The van der Waals surface area contributed by atoms with E-state index in [0.717, 1.165) is 42.6 Å². The minimum Gasteiger partial charge on any atom is -0.488 e. The van der Waals surface area contributed by atoms with E-state index in [0.29, 0.717) is 48.3 Å². The largest absolute Gasteiger partial charge is 0.488 e. The average molecular weight is 637 g/mol. The number of hydrogen-bond donors (Lipinski definition) is 2. The lowest BCUT2D eigenvalue weighted by molar-refractivity contribution is -0.118. The highest BCUT2D eigenvalue weighted by Gasteiger charge is 2.22. The molecule has 0 atom stereocenters. The number of amides is 1. The van der Waals surface area contributed by atoms with Crippen molar-refractivity contribution in [3.8, 4) is 28.7 Å². The summed E-state index contributed by atoms with van der Waals surface area (Å²) >= 11 is 6.77.